The number of nitrogens with zero attached hydrogens (tertiary/aromatic N) is 2. The van der Waals surface area contributed by atoms with Gasteiger partial charge in [-0.15, -0.1) is 0 Å². The Hall–Kier alpha value is -3.94. The third kappa shape index (κ3) is 7.28. The minimum atomic E-state index is -0.242. The summed E-state index contributed by atoms with van der Waals surface area (Å²) in [4.78, 5) is 29.7. The van der Waals surface area contributed by atoms with E-state index in [0.717, 1.165) is 32.7 Å². The van der Waals surface area contributed by atoms with E-state index in [-0.39, 0.29) is 11.8 Å². The molecule has 0 radical (unpaired) electrons. The predicted molar refractivity (Wildman–Crippen MR) is 144 cm³/mol. The maximum atomic E-state index is 12.6. The number of nitrogens with one attached hydrogen (secondary N) is 2. The van der Waals surface area contributed by atoms with Crippen molar-refractivity contribution in [2.75, 3.05) is 57.0 Å². The van der Waals surface area contributed by atoms with Crippen molar-refractivity contribution in [2.45, 2.75) is 0 Å². The van der Waals surface area contributed by atoms with Crippen molar-refractivity contribution in [3.63, 3.8) is 0 Å². The Morgan fingerprint density at radius 2 is 1.50 bits per heavy atom. The van der Waals surface area contributed by atoms with Gasteiger partial charge >= 0.3 is 0 Å². The molecule has 36 heavy (non-hydrogen) atoms. The third-order valence-corrected chi connectivity index (χ3v) is 6.09. The SMILES string of the molecule is COc1ccccc1NC(=O)c1ccc(NC(=O)CN2CCN(CC=Cc3ccccc3)CC2)cc1. The first-order valence-corrected chi connectivity index (χ1v) is 12.1. The summed E-state index contributed by atoms with van der Waals surface area (Å²) >= 11 is 0. The van der Waals surface area contributed by atoms with Crippen molar-refractivity contribution in [1.29, 1.82) is 0 Å². The molecule has 0 aliphatic carbocycles. The van der Waals surface area contributed by atoms with Gasteiger partial charge in [0.05, 0.1) is 19.3 Å². The van der Waals surface area contributed by atoms with Gasteiger partial charge in [-0.25, -0.2) is 0 Å². The number of anilines is 2. The first-order chi connectivity index (χ1) is 17.6. The van der Waals surface area contributed by atoms with Crippen LogP contribution in [0.1, 0.15) is 15.9 Å². The van der Waals surface area contributed by atoms with E-state index in [9.17, 15) is 9.59 Å². The zero-order valence-corrected chi connectivity index (χ0v) is 20.5. The summed E-state index contributed by atoms with van der Waals surface area (Å²) in [6.45, 7) is 4.84. The molecular formula is C29H32N4O3. The summed E-state index contributed by atoms with van der Waals surface area (Å²) in [7, 11) is 1.56. The Balaban J connectivity index is 1.19. The summed E-state index contributed by atoms with van der Waals surface area (Å²) < 4.78 is 5.28. The average molecular weight is 485 g/mol. The van der Waals surface area contributed by atoms with Crippen LogP contribution in [0.25, 0.3) is 6.08 Å². The molecule has 2 N–H and O–H groups in total. The largest absolute Gasteiger partial charge is 0.495 e. The molecule has 3 aromatic carbocycles. The summed E-state index contributed by atoms with van der Waals surface area (Å²) in [6, 6.07) is 24.4. The lowest BCUT2D eigenvalue weighted by molar-refractivity contribution is -0.117. The number of hydrogen-bond donors (Lipinski definition) is 2. The molecule has 186 valence electrons. The molecule has 7 heteroatoms. The van der Waals surface area contributed by atoms with Gasteiger partial charge in [0, 0.05) is 44.0 Å². The number of hydrogen-bond acceptors (Lipinski definition) is 5. The zero-order chi connectivity index (χ0) is 25.2. The first kappa shape index (κ1) is 25.2. The minimum absolute atomic E-state index is 0.0568. The van der Waals surface area contributed by atoms with Crippen molar-refractivity contribution in [2.24, 2.45) is 0 Å². The number of para-hydroxylation sites is 2. The van der Waals surface area contributed by atoms with Crippen LogP contribution in [0.15, 0.2) is 84.9 Å². The summed E-state index contributed by atoms with van der Waals surface area (Å²) in [5, 5.41) is 5.78. The molecule has 0 spiro atoms. The third-order valence-electron chi connectivity index (χ3n) is 6.09. The van der Waals surface area contributed by atoms with Crippen LogP contribution >= 0.6 is 0 Å². The highest BCUT2D eigenvalue weighted by molar-refractivity contribution is 6.05. The number of piperazine rings is 1. The molecular weight excluding hydrogens is 452 g/mol. The van der Waals surface area contributed by atoms with Crippen LogP contribution in [0.5, 0.6) is 5.75 Å². The second-order valence-corrected chi connectivity index (χ2v) is 8.67. The van der Waals surface area contributed by atoms with Crippen LogP contribution in [0.3, 0.4) is 0 Å². The van der Waals surface area contributed by atoms with Crippen molar-refractivity contribution < 1.29 is 14.3 Å². The molecule has 0 atom stereocenters. The van der Waals surface area contributed by atoms with Gasteiger partial charge in [-0.1, -0.05) is 54.6 Å². The van der Waals surface area contributed by atoms with Crippen molar-refractivity contribution in [3.8, 4) is 5.75 Å². The smallest absolute Gasteiger partial charge is 0.255 e. The molecule has 4 rings (SSSR count). The van der Waals surface area contributed by atoms with Crippen LogP contribution in [-0.4, -0.2) is 68.0 Å². The number of carbonyl (C=O) groups excluding carboxylic acids is 2. The van der Waals surface area contributed by atoms with Crippen LogP contribution in [0.2, 0.25) is 0 Å². The zero-order valence-electron chi connectivity index (χ0n) is 20.5. The lowest BCUT2D eigenvalue weighted by Gasteiger charge is -2.33. The summed E-state index contributed by atoms with van der Waals surface area (Å²) in [6.07, 6.45) is 4.34. The van der Waals surface area contributed by atoms with Gasteiger partial charge in [0.1, 0.15) is 5.75 Å². The molecule has 0 aromatic heterocycles. The van der Waals surface area contributed by atoms with Crippen molar-refractivity contribution in [3.05, 3.63) is 96.1 Å². The molecule has 0 bridgehead atoms. The second-order valence-electron chi connectivity index (χ2n) is 8.67. The fourth-order valence-electron chi connectivity index (χ4n) is 4.08. The van der Waals surface area contributed by atoms with Gasteiger partial charge in [0.2, 0.25) is 5.91 Å². The number of rotatable bonds is 9. The molecule has 3 aromatic rings. The molecule has 0 unspecified atom stereocenters. The second kappa shape index (κ2) is 12.7. The van der Waals surface area contributed by atoms with E-state index in [4.69, 9.17) is 4.74 Å². The standard InChI is InChI=1S/C29H32N4O3/c1-36-27-12-6-5-11-26(27)31-29(35)24-13-15-25(16-14-24)30-28(34)22-33-20-18-32(19-21-33)17-7-10-23-8-3-2-4-9-23/h2-16H,17-22H2,1H3,(H,30,34)(H,31,35). The van der Waals surface area contributed by atoms with E-state index in [2.05, 4.69) is 44.7 Å². The van der Waals surface area contributed by atoms with Gasteiger partial charge in [-0.2, -0.15) is 0 Å². The minimum Gasteiger partial charge on any atom is -0.495 e. The molecule has 2 amide bonds. The van der Waals surface area contributed by atoms with Gasteiger partial charge in [-0.05, 0) is 42.0 Å². The number of benzene rings is 3. The summed E-state index contributed by atoms with van der Waals surface area (Å²) in [5.74, 6) is 0.298. The lowest BCUT2D eigenvalue weighted by atomic mass is 10.2. The maximum Gasteiger partial charge on any atom is 0.255 e. The average Bonchev–Trinajstić information content (AvgIpc) is 2.91. The molecule has 0 saturated carbocycles. The highest BCUT2D eigenvalue weighted by Crippen LogP contribution is 2.24. The highest BCUT2D eigenvalue weighted by Gasteiger charge is 2.18. The molecule has 1 fully saturated rings. The molecule has 1 heterocycles. The van der Waals surface area contributed by atoms with E-state index >= 15 is 0 Å². The Morgan fingerprint density at radius 3 is 2.22 bits per heavy atom. The van der Waals surface area contributed by atoms with Crippen LogP contribution in [0.4, 0.5) is 11.4 Å². The fourth-order valence-corrected chi connectivity index (χ4v) is 4.08. The molecule has 1 aliphatic heterocycles. The Bertz CT molecular complexity index is 1170. The monoisotopic (exact) mass is 484 g/mol. The van der Waals surface area contributed by atoms with Crippen LogP contribution in [0, 0.1) is 0 Å². The number of amides is 2. The van der Waals surface area contributed by atoms with Crippen molar-refractivity contribution in [1.82, 2.24) is 9.80 Å². The topological polar surface area (TPSA) is 73.9 Å². The molecule has 1 saturated heterocycles. The Labute approximate surface area is 212 Å². The van der Waals surface area contributed by atoms with E-state index in [1.165, 1.54) is 5.56 Å². The van der Waals surface area contributed by atoms with E-state index in [1.807, 2.05) is 30.3 Å². The van der Waals surface area contributed by atoms with E-state index < -0.39 is 0 Å². The van der Waals surface area contributed by atoms with Gasteiger partial charge in [-0.3, -0.25) is 19.4 Å². The Kier molecular flexibility index (Phi) is 8.86. The van der Waals surface area contributed by atoms with Gasteiger partial charge < -0.3 is 15.4 Å². The fraction of sp³-hybridized carbons (Fsp3) is 0.241. The quantitative estimate of drug-likeness (QED) is 0.476. The Morgan fingerprint density at radius 1 is 0.833 bits per heavy atom. The maximum absolute atomic E-state index is 12.6. The number of methoxy groups -OCH3 is 1. The van der Waals surface area contributed by atoms with Crippen LogP contribution < -0.4 is 15.4 Å². The van der Waals surface area contributed by atoms with Crippen molar-refractivity contribution >= 4 is 29.3 Å². The van der Waals surface area contributed by atoms with E-state index in [1.54, 1.807) is 43.5 Å². The summed E-state index contributed by atoms with van der Waals surface area (Å²) in [5.41, 5.74) is 2.97. The molecule has 1 aliphatic rings. The predicted octanol–water partition coefficient (Wildman–Crippen LogP) is 4.22. The first-order valence-electron chi connectivity index (χ1n) is 12.1. The molecule has 7 nitrogen and oxygen atoms in total. The number of carbonyl (C=O) groups is 2. The lowest BCUT2D eigenvalue weighted by Crippen LogP contribution is -2.48. The normalized spacial score (nSPS) is 14.5. The highest BCUT2D eigenvalue weighted by atomic mass is 16.5. The number of ether oxygens (including phenoxy) is 1. The van der Waals surface area contributed by atoms with Gasteiger partial charge in [0.15, 0.2) is 0 Å². The van der Waals surface area contributed by atoms with Crippen LogP contribution in [-0.2, 0) is 4.79 Å². The van der Waals surface area contributed by atoms with E-state index in [0.29, 0.717) is 29.2 Å². The van der Waals surface area contributed by atoms with Gasteiger partial charge in [0.25, 0.3) is 5.91 Å².